The summed E-state index contributed by atoms with van der Waals surface area (Å²) in [5.74, 6) is 0.732. The van der Waals surface area contributed by atoms with Crippen LogP contribution >= 0.6 is 12.4 Å². The Morgan fingerprint density at radius 3 is 2.65 bits per heavy atom. The zero-order chi connectivity index (χ0) is 17.6. The molecule has 0 aliphatic carbocycles. The number of carbonyl (C=O) groups excluding carboxylic acids is 1. The minimum atomic E-state index is -0.0902. The van der Waals surface area contributed by atoms with Gasteiger partial charge in [0.05, 0.1) is 11.8 Å². The molecule has 0 atom stereocenters. The minimum Gasteiger partial charge on any atom is -0.431 e. The summed E-state index contributed by atoms with van der Waals surface area (Å²) in [5.41, 5.74) is 6.98. The van der Waals surface area contributed by atoms with E-state index in [2.05, 4.69) is 4.98 Å². The van der Waals surface area contributed by atoms with Crippen molar-refractivity contribution in [1.29, 1.82) is 0 Å². The van der Waals surface area contributed by atoms with Crippen LogP contribution in [0.2, 0.25) is 0 Å². The van der Waals surface area contributed by atoms with Crippen molar-refractivity contribution >= 4 is 18.3 Å². The number of carbonyl (C=O) groups is 1. The third kappa shape index (κ3) is 4.84. The standard InChI is InChI=1S/C19H25N3O3.ClH/c1-14-17(25-18(21-14)15-6-3-2-4-7-15)19(23)22-11-8-16(9-12-22)24-13-5-10-20;/h2-4,6-7,16H,5,8-13,20H2,1H3;1H. The molecule has 0 radical (unpaired) electrons. The summed E-state index contributed by atoms with van der Waals surface area (Å²) < 4.78 is 11.6. The van der Waals surface area contributed by atoms with E-state index in [-0.39, 0.29) is 24.4 Å². The van der Waals surface area contributed by atoms with Gasteiger partial charge in [-0.25, -0.2) is 4.98 Å². The lowest BCUT2D eigenvalue weighted by atomic mass is 10.1. The second-order valence-corrected chi connectivity index (χ2v) is 6.30. The molecule has 6 nitrogen and oxygen atoms in total. The van der Waals surface area contributed by atoms with Crippen molar-refractivity contribution in [3.63, 3.8) is 0 Å². The first kappa shape index (κ1) is 20.4. The molecule has 0 saturated carbocycles. The van der Waals surface area contributed by atoms with Gasteiger partial charge in [0.25, 0.3) is 5.91 Å². The number of piperidine rings is 1. The average Bonchev–Trinajstić information content (AvgIpc) is 3.04. The summed E-state index contributed by atoms with van der Waals surface area (Å²) in [4.78, 5) is 19.0. The van der Waals surface area contributed by atoms with Gasteiger partial charge in [-0.3, -0.25) is 4.79 Å². The first-order chi connectivity index (χ1) is 12.2. The van der Waals surface area contributed by atoms with Gasteiger partial charge in [0.15, 0.2) is 0 Å². The highest BCUT2D eigenvalue weighted by molar-refractivity contribution is 5.93. The van der Waals surface area contributed by atoms with Crippen molar-refractivity contribution in [1.82, 2.24) is 9.88 Å². The van der Waals surface area contributed by atoms with Crippen LogP contribution in [-0.2, 0) is 4.74 Å². The summed E-state index contributed by atoms with van der Waals surface area (Å²) in [7, 11) is 0. The highest BCUT2D eigenvalue weighted by Crippen LogP contribution is 2.24. The molecule has 1 aliphatic rings. The van der Waals surface area contributed by atoms with Crippen molar-refractivity contribution in [3.05, 3.63) is 41.8 Å². The van der Waals surface area contributed by atoms with E-state index in [9.17, 15) is 4.79 Å². The Labute approximate surface area is 160 Å². The molecular weight excluding hydrogens is 354 g/mol. The summed E-state index contributed by atoms with van der Waals surface area (Å²) in [6.07, 6.45) is 2.77. The number of oxazole rings is 1. The van der Waals surface area contributed by atoms with Gasteiger partial charge in [-0.2, -0.15) is 0 Å². The Kier molecular flexibility index (Phi) is 7.63. The van der Waals surface area contributed by atoms with E-state index in [0.717, 1.165) is 24.8 Å². The molecule has 2 N–H and O–H groups in total. The van der Waals surface area contributed by atoms with Gasteiger partial charge in [0.1, 0.15) is 0 Å². The van der Waals surface area contributed by atoms with Crippen molar-refractivity contribution in [3.8, 4) is 11.5 Å². The maximum atomic E-state index is 12.8. The molecule has 0 bridgehead atoms. The monoisotopic (exact) mass is 379 g/mol. The van der Waals surface area contributed by atoms with Crippen LogP contribution in [0.25, 0.3) is 11.5 Å². The number of rotatable bonds is 6. The smallest absolute Gasteiger partial charge is 0.291 e. The van der Waals surface area contributed by atoms with Crippen LogP contribution in [-0.4, -0.2) is 48.1 Å². The average molecular weight is 380 g/mol. The number of ether oxygens (including phenoxy) is 1. The van der Waals surface area contributed by atoms with Crippen LogP contribution in [0.3, 0.4) is 0 Å². The number of nitrogens with two attached hydrogens (primary N) is 1. The molecule has 1 aliphatic heterocycles. The van der Waals surface area contributed by atoms with Crippen LogP contribution in [0.15, 0.2) is 34.7 Å². The van der Waals surface area contributed by atoms with Gasteiger partial charge in [0.2, 0.25) is 11.7 Å². The maximum absolute atomic E-state index is 12.8. The largest absolute Gasteiger partial charge is 0.431 e. The predicted octanol–water partition coefficient (Wildman–Crippen LogP) is 3.04. The van der Waals surface area contributed by atoms with Crippen LogP contribution in [0.1, 0.15) is 35.5 Å². The predicted molar refractivity (Wildman–Crippen MR) is 102 cm³/mol. The van der Waals surface area contributed by atoms with E-state index in [1.807, 2.05) is 42.2 Å². The molecule has 3 rings (SSSR count). The molecule has 2 aromatic rings. The van der Waals surface area contributed by atoms with Crippen molar-refractivity contribution in [2.45, 2.75) is 32.3 Å². The Bertz CT molecular complexity index is 697. The lowest BCUT2D eigenvalue weighted by Crippen LogP contribution is -2.41. The van der Waals surface area contributed by atoms with Crippen molar-refractivity contribution < 1.29 is 13.9 Å². The van der Waals surface area contributed by atoms with E-state index in [0.29, 0.717) is 43.6 Å². The molecular formula is C19H26ClN3O3. The lowest BCUT2D eigenvalue weighted by Gasteiger charge is -2.31. The number of likely N-dealkylation sites (tertiary alicyclic amines) is 1. The molecule has 142 valence electrons. The number of hydrogen-bond acceptors (Lipinski definition) is 5. The van der Waals surface area contributed by atoms with Gasteiger partial charge in [-0.1, -0.05) is 18.2 Å². The molecule has 1 saturated heterocycles. The highest BCUT2D eigenvalue weighted by atomic mass is 35.5. The van der Waals surface area contributed by atoms with Gasteiger partial charge in [-0.15, -0.1) is 12.4 Å². The number of amides is 1. The second kappa shape index (κ2) is 9.71. The van der Waals surface area contributed by atoms with Crippen molar-refractivity contribution in [2.75, 3.05) is 26.2 Å². The fraction of sp³-hybridized carbons (Fsp3) is 0.474. The number of aryl methyl sites for hydroxylation is 1. The van der Waals surface area contributed by atoms with Crippen LogP contribution in [0.5, 0.6) is 0 Å². The fourth-order valence-corrected chi connectivity index (χ4v) is 3.00. The third-order valence-electron chi connectivity index (χ3n) is 4.44. The molecule has 1 fully saturated rings. The second-order valence-electron chi connectivity index (χ2n) is 6.30. The fourth-order valence-electron chi connectivity index (χ4n) is 3.00. The number of hydrogen-bond donors (Lipinski definition) is 1. The molecule has 1 aromatic carbocycles. The van der Waals surface area contributed by atoms with E-state index < -0.39 is 0 Å². The maximum Gasteiger partial charge on any atom is 0.291 e. The number of halogens is 1. The Balaban J connectivity index is 0.00000243. The van der Waals surface area contributed by atoms with Crippen LogP contribution in [0, 0.1) is 6.92 Å². The number of nitrogens with zero attached hydrogens (tertiary/aromatic N) is 2. The molecule has 26 heavy (non-hydrogen) atoms. The lowest BCUT2D eigenvalue weighted by molar-refractivity contribution is 0.00764. The first-order valence-electron chi connectivity index (χ1n) is 8.83. The zero-order valence-corrected chi connectivity index (χ0v) is 15.8. The number of benzene rings is 1. The number of aromatic nitrogens is 1. The van der Waals surface area contributed by atoms with E-state index >= 15 is 0 Å². The zero-order valence-electron chi connectivity index (χ0n) is 15.0. The summed E-state index contributed by atoms with van der Waals surface area (Å²) in [5, 5.41) is 0. The van der Waals surface area contributed by atoms with Gasteiger partial charge in [-0.05, 0) is 44.9 Å². The van der Waals surface area contributed by atoms with Gasteiger partial charge < -0.3 is 19.8 Å². The third-order valence-corrected chi connectivity index (χ3v) is 4.44. The minimum absolute atomic E-state index is 0. The van der Waals surface area contributed by atoms with E-state index in [1.165, 1.54) is 0 Å². The SMILES string of the molecule is Cc1nc(-c2ccccc2)oc1C(=O)N1CCC(OCCCN)CC1.Cl. The Hall–Kier alpha value is -1.89. The van der Waals surface area contributed by atoms with Gasteiger partial charge in [0, 0.05) is 25.3 Å². The van der Waals surface area contributed by atoms with E-state index in [4.69, 9.17) is 14.9 Å². The molecule has 1 amide bonds. The summed E-state index contributed by atoms with van der Waals surface area (Å²) in [6.45, 7) is 4.49. The molecule has 0 spiro atoms. The normalized spacial score (nSPS) is 14.9. The summed E-state index contributed by atoms with van der Waals surface area (Å²) in [6, 6.07) is 9.62. The molecule has 2 heterocycles. The molecule has 7 heteroatoms. The Morgan fingerprint density at radius 1 is 1.31 bits per heavy atom. The van der Waals surface area contributed by atoms with Crippen LogP contribution in [0.4, 0.5) is 0 Å². The quantitative estimate of drug-likeness (QED) is 0.780. The topological polar surface area (TPSA) is 81.6 Å². The van der Waals surface area contributed by atoms with E-state index in [1.54, 1.807) is 0 Å². The van der Waals surface area contributed by atoms with Gasteiger partial charge >= 0.3 is 0 Å². The van der Waals surface area contributed by atoms with Crippen LogP contribution < -0.4 is 5.73 Å². The summed E-state index contributed by atoms with van der Waals surface area (Å²) >= 11 is 0. The Morgan fingerprint density at radius 2 is 2.00 bits per heavy atom. The highest BCUT2D eigenvalue weighted by Gasteiger charge is 2.28. The van der Waals surface area contributed by atoms with Crippen molar-refractivity contribution in [2.24, 2.45) is 5.73 Å². The molecule has 1 aromatic heterocycles. The first-order valence-corrected chi connectivity index (χ1v) is 8.83. The molecule has 0 unspecified atom stereocenters.